The molecule has 0 aliphatic heterocycles. The molecule has 0 rings (SSSR count). The number of rotatable bonds is 2. The Morgan fingerprint density at radius 3 is 2.43 bits per heavy atom. The third-order valence-corrected chi connectivity index (χ3v) is 0.737. The molecule has 0 amide bonds. The second-order valence-corrected chi connectivity index (χ2v) is 1.40. The molecule has 0 aromatic rings. The summed E-state index contributed by atoms with van der Waals surface area (Å²) in [5, 5.41) is 6.88. The second kappa shape index (κ2) is 2.97. The Morgan fingerprint density at radius 2 is 2.43 bits per heavy atom. The highest BCUT2D eigenvalue weighted by atomic mass is 35.5. The van der Waals surface area contributed by atoms with Crippen molar-refractivity contribution in [3.63, 3.8) is 0 Å². The first-order valence-electron chi connectivity index (χ1n) is 1.60. The summed E-state index contributed by atoms with van der Waals surface area (Å²) in [6.45, 7) is 0. The number of halogens is 1. The van der Waals surface area contributed by atoms with Crippen molar-refractivity contribution >= 4 is 32.5 Å². The maximum Gasteiger partial charge on any atom is 0.312 e. The molecule has 0 aliphatic rings. The molecule has 0 heterocycles. The molecule has 1 N–H and O–H groups in total. The largest absolute Gasteiger partial charge is 0.481 e. The van der Waals surface area contributed by atoms with E-state index < -0.39 is 11.2 Å². The Kier molecular flexibility index (Phi) is 2.92. The summed E-state index contributed by atoms with van der Waals surface area (Å²) in [6.07, 6.45) is 0. The van der Waals surface area contributed by atoms with Crippen LogP contribution in [-0.2, 0) is 4.79 Å². The molecular weight excluding hydrogens is 113 g/mol. The number of hydrogen-bond donors (Lipinski definition) is 1. The van der Waals surface area contributed by atoms with Crippen LogP contribution in [0.1, 0.15) is 0 Å². The lowest BCUT2D eigenvalue weighted by atomic mass is 9.53. The zero-order valence-corrected chi connectivity index (χ0v) is 4.22. The molecule has 0 aromatic heterocycles. The molecule has 35 valence electrons. The molecular formula is C2H2B2ClO2. The van der Waals surface area contributed by atoms with Crippen molar-refractivity contribution in [3.05, 3.63) is 0 Å². The third-order valence-electron chi connectivity index (χ3n) is 0.405. The van der Waals surface area contributed by atoms with E-state index in [9.17, 15) is 4.79 Å². The van der Waals surface area contributed by atoms with Crippen LogP contribution < -0.4 is 0 Å². The summed E-state index contributed by atoms with van der Waals surface area (Å²) in [7, 11) is 5.64. The molecule has 0 spiro atoms. The summed E-state index contributed by atoms with van der Waals surface area (Å²) in [5.41, 5.74) is 0. The van der Waals surface area contributed by atoms with Crippen LogP contribution in [-0.4, -0.2) is 31.3 Å². The van der Waals surface area contributed by atoms with Crippen molar-refractivity contribution in [2.45, 2.75) is 5.28 Å². The molecule has 1 unspecified atom stereocenters. The van der Waals surface area contributed by atoms with Crippen molar-refractivity contribution in [2.75, 3.05) is 0 Å². The van der Waals surface area contributed by atoms with Gasteiger partial charge in [0.05, 0.1) is 12.4 Å². The van der Waals surface area contributed by atoms with Gasteiger partial charge in [-0.25, -0.2) is 0 Å². The average molecular weight is 115 g/mol. The number of aliphatic carboxylic acids is 1. The molecule has 0 fully saturated rings. The minimum absolute atomic E-state index is 0.907. The van der Waals surface area contributed by atoms with E-state index in [1.165, 1.54) is 0 Å². The summed E-state index contributed by atoms with van der Waals surface area (Å²) in [4.78, 5) is 9.69. The highest BCUT2D eigenvalue weighted by Gasteiger charge is 2.08. The van der Waals surface area contributed by atoms with Gasteiger partial charge in [-0.2, -0.15) is 0 Å². The van der Waals surface area contributed by atoms with Crippen molar-refractivity contribution in [1.82, 2.24) is 0 Å². The van der Waals surface area contributed by atoms with E-state index in [-0.39, 0.29) is 0 Å². The molecule has 1 atom stereocenters. The quantitative estimate of drug-likeness (QED) is 0.386. The lowest BCUT2D eigenvalue weighted by molar-refractivity contribution is -0.135. The average Bonchev–Trinajstić information content (AvgIpc) is 1.65. The Balaban J connectivity index is 3.34. The number of hydrogen-bond acceptors (Lipinski definition) is 1. The first-order valence-corrected chi connectivity index (χ1v) is 2.04. The lowest BCUT2D eigenvalue weighted by Gasteiger charge is -1.93. The van der Waals surface area contributed by atoms with E-state index >= 15 is 0 Å². The Labute approximate surface area is 48.5 Å². The maximum atomic E-state index is 9.69. The predicted molar refractivity (Wildman–Crippen MR) is 28.8 cm³/mol. The molecule has 0 aromatic carbocycles. The van der Waals surface area contributed by atoms with Gasteiger partial charge in [0.1, 0.15) is 0 Å². The topological polar surface area (TPSA) is 37.3 Å². The SMILES string of the molecule is [B][B]C(Cl)C(=O)O. The van der Waals surface area contributed by atoms with Gasteiger partial charge in [0.2, 0.25) is 0 Å². The van der Waals surface area contributed by atoms with Crippen LogP contribution in [0.3, 0.4) is 0 Å². The van der Waals surface area contributed by atoms with E-state index in [1.54, 1.807) is 0 Å². The van der Waals surface area contributed by atoms with Gasteiger partial charge in [-0.15, -0.1) is 11.6 Å². The fraction of sp³-hybridized carbons (Fsp3) is 0.500. The van der Waals surface area contributed by atoms with Crippen molar-refractivity contribution in [3.8, 4) is 0 Å². The Hall–Kier alpha value is -0.110. The molecule has 2 nitrogen and oxygen atoms in total. The summed E-state index contributed by atoms with van der Waals surface area (Å²) < 4.78 is 0. The van der Waals surface area contributed by atoms with Gasteiger partial charge in [-0.3, -0.25) is 4.79 Å². The van der Waals surface area contributed by atoms with Crippen LogP contribution in [0.25, 0.3) is 0 Å². The molecule has 3 radical (unpaired) electrons. The van der Waals surface area contributed by atoms with E-state index in [0.29, 0.717) is 0 Å². The third kappa shape index (κ3) is 2.57. The van der Waals surface area contributed by atoms with Gasteiger partial charge in [-0.1, -0.05) is 0 Å². The van der Waals surface area contributed by atoms with E-state index in [1.807, 2.05) is 0 Å². The highest BCUT2D eigenvalue weighted by molar-refractivity contribution is 6.96. The van der Waals surface area contributed by atoms with Crippen LogP contribution in [0.2, 0.25) is 0 Å². The number of carboxylic acid groups (broad SMARTS) is 1. The fourth-order valence-corrected chi connectivity index (χ4v) is 0.0823. The Morgan fingerprint density at radius 1 is 2.00 bits per heavy atom. The summed E-state index contributed by atoms with van der Waals surface area (Å²) in [6, 6.07) is 0. The van der Waals surface area contributed by atoms with Gasteiger partial charge in [0, 0.05) is 7.74 Å². The second-order valence-electron chi connectivity index (χ2n) is 0.932. The molecule has 0 aliphatic carbocycles. The zero-order valence-electron chi connectivity index (χ0n) is 3.47. The van der Waals surface area contributed by atoms with Gasteiger partial charge in [-0.05, 0) is 0 Å². The fourth-order valence-electron chi connectivity index (χ4n) is 0.0823. The first kappa shape index (κ1) is 6.89. The molecule has 0 bridgehead atoms. The van der Waals surface area contributed by atoms with Crippen LogP contribution >= 0.6 is 11.6 Å². The van der Waals surface area contributed by atoms with Gasteiger partial charge in [0.25, 0.3) is 0 Å². The van der Waals surface area contributed by atoms with Gasteiger partial charge < -0.3 is 5.11 Å². The predicted octanol–water partition coefficient (Wildman–Crippen LogP) is -0.576. The van der Waals surface area contributed by atoms with Crippen molar-refractivity contribution in [1.29, 1.82) is 0 Å². The van der Waals surface area contributed by atoms with Gasteiger partial charge in [0.15, 0.2) is 0 Å². The zero-order chi connectivity index (χ0) is 5.86. The molecule has 0 saturated carbocycles. The number of alkyl halides is 1. The maximum absolute atomic E-state index is 9.69. The molecule has 5 heteroatoms. The summed E-state index contributed by atoms with van der Waals surface area (Å²) in [5.74, 6) is -1.12. The van der Waals surface area contributed by atoms with E-state index in [4.69, 9.17) is 24.4 Å². The van der Waals surface area contributed by atoms with E-state index in [0.717, 1.165) is 7.17 Å². The van der Waals surface area contributed by atoms with Gasteiger partial charge >= 0.3 is 5.97 Å². The highest BCUT2D eigenvalue weighted by Crippen LogP contribution is 1.88. The summed E-state index contributed by atoms with van der Waals surface area (Å²) >= 11 is 5.02. The van der Waals surface area contributed by atoms with Crippen LogP contribution in [0, 0.1) is 0 Å². The van der Waals surface area contributed by atoms with Crippen LogP contribution in [0.5, 0.6) is 0 Å². The van der Waals surface area contributed by atoms with Crippen molar-refractivity contribution < 1.29 is 9.90 Å². The monoisotopic (exact) mass is 115 g/mol. The number of carbonyl (C=O) groups is 1. The first-order chi connectivity index (χ1) is 3.18. The number of carboxylic acids is 1. The minimum atomic E-state index is -1.12. The normalized spacial score (nSPS) is 12.7. The van der Waals surface area contributed by atoms with Crippen LogP contribution in [0.15, 0.2) is 0 Å². The van der Waals surface area contributed by atoms with Crippen LogP contribution in [0.4, 0.5) is 0 Å². The minimum Gasteiger partial charge on any atom is -0.481 e. The Bertz CT molecular complexity index is 76.1. The lowest BCUT2D eigenvalue weighted by Crippen LogP contribution is -2.20. The molecule has 0 saturated heterocycles. The van der Waals surface area contributed by atoms with E-state index in [2.05, 4.69) is 0 Å². The smallest absolute Gasteiger partial charge is 0.312 e. The van der Waals surface area contributed by atoms with Crippen molar-refractivity contribution in [2.24, 2.45) is 0 Å². The molecule has 7 heavy (non-hydrogen) atoms. The standard InChI is InChI=1S/C2H2B2ClO2/c3-4-1(5)2(6)7/h1H,(H,6,7).